The van der Waals surface area contributed by atoms with E-state index in [9.17, 15) is 0 Å². The van der Waals surface area contributed by atoms with Gasteiger partial charge in [-0.1, -0.05) is 58.2 Å². The minimum Gasteiger partial charge on any atom is -0.477 e. The van der Waals surface area contributed by atoms with Crippen molar-refractivity contribution in [1.29, 1.82) is 0 Å². The second-order valence-electron chi connectivity index (χ2n) is 8.39. The van der Waals surface area contributed by atoms with Crippen LogP contribution in [0.2, 0.25) is 0 Å². The highest BCUT2D eigenvalue weighted by molar-refractivity contribution is 5.48. The lowest BCUT2D eigenvalue weighted by Gasteiger charge is -2.25. The van der Waals surface area contributed by atoms with Gasteiger partial charge in [0.25, 0.3) is 0 Å². The van der Waals surface area contributed by atoms with Crippen LogP contribution < -0.4 is 9.47 Å². The first-order chi connectivity index (χ1) is 12.6. The van der Waals surface area contributed by atoms with Gasteiger partial charge in [-0.15, -0.1) is 0 Å². The zero-order valence-corrected chi connectivity index (χ0v) is 18.2. The molecule has 1 heterocycles. The third kappa shape index (κ3) is 5.44. The van der Waals surface area contributed by atoms with Gasteiger partial charge in [0.15, 0.2) is 0 Å². The van der Waals surface area contributed by atoms with Gasteiger partial charge < -0.3 is 9.47 Å². The van der Waals surface area contributed by atoms with Gasteiger partial charge in [0, 0.05) is 0 Å². The number of rotatable bonds is 7. The molecule has 0 aliphatic heterocycles. The lowest BCUT2D eigenvalue weighted by atomic mass is 9.88. The van der Waals surface area contributed by atoms with Crippen molar-refractivity contribution >= 4 is 0 Å². The Bertz CT molecular complexity index is 769. The van der Waals surface area contributed by atoms with Crippen LogP contribution in [-0.2, 0) is 5.41 Å². The molecular formula is C23H34N2O2. The number of hydrogen-bond acceptors (Lipinski definition) is 4. The number of hydrogen-bond donors (Lipinski definition) is 0. The average Bonchev–Trinajstić information content (AvgIpc) is 2.53. The smallest absolute Gasteiger partial charge is 0.230 e. The molecule has 4 nitrogen and oxygen atoms in total. The number of unbranched alkanes of at least 4 members (excludes halogenated alkanes) is 2. The summed E-state index contributed by atoms with van der Waals surface area (Å²) >= 11 is 0. The summed E-state index contributed by atoms with van der Waals surface area (Å²) in [5, 5.41) is 0. The molecule has 1 aromatic heterocycles. The van der Waals surface area contributed by atoms with E-state index in [0.717, 1.165) is 35.3 Å². The van der Waals surface area contributed by atoms with Gasteiger partial charge in [-0.2, -0.15) is 9.97 Å². The fourth-order valence-electron chi connectivity index (χ4n) is 3.29. The predicted molar refractivity (Wildman–Crippen MR) is 111 cm³/mol. The topological polar surface area (TPSA) is 44.2 Å². The zero-order valence-electron chi connectivity index (χ0n) is 18.2. The van der Waals surface area contributed by atoms with Crippen LogP contribution in [-0.4, -0.2) is 16.6 Å². The molecule has 2 rings (SSSR count). The molecule has 0 N–H and O–H groups in total. The maximum Gasteiger partial charge on any atom is 0.230 e. The van der Waals surface area contributed by atoms with Crippen molar-refractivity contribution in [2.24, 2.45) is 0 Å². The summed E-state index contributed by atoms with van der Waals surface area (Å²) in [5.74, 6) is 2.76. The Morgan fingerprint density at radius 3 is 2.04 bits per heavy atom. The fourth-order valence-corrected chi connectivity index (χ4v) is 3.29. The first-order valence-electron chi connectivity index (χ1n) is 9.91. The summed E-state index contributed by atoms with van der Waals surface area (Å²) in [4.78, 5) is 9.22. The first-order valence-corrected chi connectivity index (χ1v) is 9.91. The second-order valence-corrected chi connectivity index (χ2v) is 8.39. The third-order valence-electron chi connectivity index (χ3n) is 4.49. The maximum atomic E-state index is 6.37. The van der Waals surface area contributed by atoms with Crippen LogP contribution in [0.25, 0.3) is 0 Å². The summed E-state index contributed by atoms with van der Waals surface area (Å²) in [7, 11) is 0. The van der Waals surface area contributed by atoms with Crippen LogP contribution in [0, 0.1) is 27.7 Å². The quantitative estimate of drug-likeness (QED) is 0.531. The molecular weight excluding hydrogens is 336 g/mol. The highest BCUT2D eigenvalue weighted by Gasteiger charge is 2.28. The van der Waals surface area contributed by atoms with Gasteiger partial charge in [-0.25, -0.2) is 0 Å². The molecule has 0 aliphatic carbocycles. The largest absolute Gasteiger partial charge is 0.477 e. The van der Waals surface area contributed by atoms with Crippen molar-refractivity contribution in [3.8, 4) is 17.5 Å². The molecule has 0 radical (unpaired) electrons. The molecule has 4 heteroatoms. The minimum absolute atomic E-state index is 0.199. The summed E-state index contributed by atoms with van der Waals surface area (Å²) in [6.45, 7) is 17.4. The van der Waals surface area contributed by atoms with E-state index in [-0.39, 0.29) is 5.41 Å². The number of ether oxygens (including phenoxy) is 2. The van der Waals surface area contributed by atoms with E-state index in [2.05, 4.69) is 70.6 Å². The van der Waals surface area contributed by atoms with Gasteiger partial charge in [-0.3, -0.25) is 0 Å². The van der Waals surface area contributed by atoms with Crippen LogP contribution in [0.15, 0.2) is 12.1 Å². The Morgan fingerprint density at radius 1 is 0.889 bits per heavy atom. The number of aromatic nitrogens is 2. The average molecular weight is 371 g/mol. The van der Waals surface area contributed by atoms with E-state index in [4.69, 9.17) is 9.47 Å². The molecule has 0 fully saturated rings. The number of benzene rings is 1. The van der Waals surface area contributed by atoms with Crippen molar-refractivity contribution in [2.45, 2.75) is 80.1 Å². The van der Waals surface area contributed by atoms with Gasteiger partial charge in [0.2, 0.25) is 11.8 Å². The molecule has 1 aromatic carbocycles. The Labute approximate surface area is 164 Å². The molecule has 0 amide bonds. The zero-order chi connectivity index (χ0) is 20.2. The van der Waals surface area contributed by atoms with Gasteiger partial charge in [-0.05, 0) is 50.7 Å². The summed E-state index contributed by atoms with van der Waals surface area (Å²) < 4.78 is 12.4. The molecule has 0 aliphatic rings. The van der Waals surface area contributed by atoms with E-state index >= 15 is 0 Å². The van der Waals surface area contributed by atoms with Crippen LogP contribution >= 0.6 is 0 Å². The van der Waals surface area contributed by atoms with Gasteiger partial charge >= 0.3 is 0 Å². The fraction of sp³-hybridized carbons (Fsp3) is 0.565. The predicted octanol–water partition coefficient (Wildman–Crippen LogP) is 6.37. The van der Waals surface area contributed by atoms with Crippen LogP contribution in [0.3, 0.4) is 0 Å². The van der Waals surface area contributed by atoms with Crippen molar-refractivity contribution in [3.63, 3.8) is 0 Å². The lowest BCUT2D eigenvalue weighted by molar-refractivity contribution is 0.280. The van der Waals surface area contributed by atoms with E-state index in [1.54, 1.807) is 0 Å². The maximum absolute atomic E-state index is 6.37. The van der Waals surface area contributed by atoms with Crippen molar-refractivity contribution < 1.29 is 9.47 Å². The Kier molecular flexibility index (Phi) is 6.85. The Morgan fingerprint density at radius 2 is 1.48 bits per heavy atom. The summed E-state index contributed by atoms with van der Waals surface area (Å²) in [6.07, 6.45) is 3.34. The molecule has 148 valence electrons. The van der Waals surface area contributed by atoms with Crippen LogP contribution in [0.4, 0.5) is 0 Å². The molecule has 0 atom stereocenters. The number of nitrogens with zero attached hydrogens (tertiary/aromatic N) is 2. The third-order valence-corrected chi connectivity index (χ3v) is 4.49. The second kappa shape index (κ2) is 8.73. The summed E-state index contributed by atoms with van der Waals surface area (Å²) in [6, 6.07) is 4.27. The Balaban J connectivity index is 2.47. The normalized spacial score (nSPS) is 11.6. The SMILES string of the molecule is CCCCCOc1nc(C)nc(Oc2c(C)cc(C)cc2C)c1C(C)(C)C. The van der Waals surface area contributed by atoms with E-state index in [1.807, 2.05) is 6.92 Å². The minimum atomic E-state index is -0.199. The van der Waals surface area contributed by atoms with Gasteiger partial charge in [0.05, 0.1) is 12.2 Å². The van der Waals surface area contributed by atoms with E-state index < -0.39 is 0 Å². The summed E-state index contributed by atoms with van der Waals surface area (Å²) in [5.41, 5.74) is 4.16. The van der Waals surface area contributed by atoms with E-state index in [1.165, 1.54) is 12.0 Å². The Hall–Kier alpha value is -2.10. The van der Waals surface area contributed by atoms with Crippen molar-refractivity contribution in [3.05, 3.63) is 40.2 Å². The highest BCUT2D eigenvalue weighted by Crippen LogP contribution is 2.40. The first kappa shape index (κ1) is 21.2. The molecule has 0 saturated heterocycles. The molecule has 0 unspecified atom stereocenters. The van der Waals surface area contributed by atoms with Crippen molar-refractivity contribution in [1.82, 2.24) is 9.97 Å². The van der Waals surface area contributed by atoms with E-state index in [0.29, 0.717) is 24.2 Å². The molecule has 2 aromatic rings. The van der Waals surface area contributed by atoms with Crippen LogP contribution in [0.5, 0.6) is 17.5 Å². The molecule has 0 spiro atoms. The molecule has 0 saturated carbocycles. The van der Waals surface area contributed by atoms with Gasteiger partial charge in [0.1, 0.15) is 11.6 Å². The standard InChI is InChI=1S/C23H34N2O2/c1-9-10-11-12-26-21-19(23(6,7)8)22(25-18(5)24-21)27-20-16(3)13-15(2)14-17(20)4/h13-14H,9-12H2,1-8H3. The number of aryl methyl sites for hydroxylation is 4. The monoisotopic (exact) mass is 370 g/mol. The van der Waals surface area contributed by atoms with Crippen molar-refractivity contribution in [2.75, 3.05) is 6.61 Å². The highest BCUT2D eigenvalue weighted by atomic mass is 16.5. The van der Waals surface area contributed by atoms with Crippen LogP contribution in [0.1, 0.15) is 75.0 Å². The lowest BCUT2D eigenvalue weighted by Crippen LogP contribution is -2.18. The molecule has 0 bridgehead atoms. The molecule has 27 heavy (non-hydrogen) atoms.